The van der Waals surface area contributed by atoms with Gasteiger partial charge < -0.3 is 15.8 Å². The summed E-state index contributed by atoms with van der Waals surface area (Å²) >= 11 is 0. The molecule has 0 saturated heterocycles. The molecule has 2 amide bonds. The van der Waals surface area contributed by atoms with Crippen LogP contribution in [0.1, 0.15) is 71.3 Å². The third-order valence-corrected chi connectivity index (χ3v) is 5.80. The minimum Gasteiger partial charge on any atom is -0.491 e. The van der Waals surface area contributed by atoms with E-state index in [9.17, 15) is 9.59 Å². The number of nitrogens with one attached hydrogen (secondary N) is 1. The molecule has 1 fully saturated rings. The third-order valence-electron chi connectivity index (χ3n) is 5.80. The molecular formula is C24H38N4O3. The van der Waals surface area contributed by atoms with Crippen LogP contribution in [0.2, 0.25) is 0 Å². The fourth-order valence-electron chi connectivity index (χ4n) is 4.24. The predicted octanol–water partition coefficient (Wildman–Crippen LogP) is 4.11. The van der Waals surface area contributed by atoms with Crippen LogP contribution >= 0.6 is 0 Å². The van der Waals surface area contributed by atoms with Crippen LogP contribution in [0.15, 0.2) is 23.2 Å². The SMILES string of the molecule is CCCc1ccc(NC(C)=O)cc1OCC(C)(CC1CCCCC1)N=C(N)N(C)C=O. The molecule has 1 atom stereocenters. The molecular weight excluding hydrogens is 392 g/mol. The molecule has 1 aliphatic carbocycles. The first kappa shape index (κ1) is 24.7. The Morgan fingerprint density at radius 1 is 1.35 bits per heavy atom. The van der Waals surface area contributed by atoms with Crippen molar-refractivity contribution in [2.45, 2.75) is 77.7 Å². The fraction of sp³-hybridized carbons (Fsp3) is 0.625. The Bertz CT molecular complexity index is 774. The molecule has 0 radical (unpaired) electrons. The second-order valence-electron chi connectivity index (χ2n) is 8.93. The van der Waals surface area contributed by atoms with Crippen molar-refractivity contribution in [3.05, 3.63) is 23.8 Å². The molecule has 1 aromatic rings. The van der Waals surface area contributed by atoms with E-state index in [1.54, 1.807) is 7.05 Å². The number of guanidine groups is 1. The van der Waals surface area contributed by atoms with Crippen LogP contribution in [-0.2, 0) is 16.0 Å². The van der Waals surface area contributed by atoms with Gasteiger partial charge in [0.2, 0.25) is 12.3 Å². The number of carbonyl (C=O) groups is 2. The molecule has 7 nitrogen and oxygen atoms in total. The lowest BCUT2D eigenvalue weighted by Crippen LogP contribution is -2.41. The Hall–Kier alpha value is -2.57. The van der Waals surface area contributed by atoms with E-state index in [4.69, 9.17) is 15.5 Å². The van der Waals surface area contributed by atoms with Gasteiger partial charge in [-0.1, -0.05) is 51.5 Å². The first-order valence-electron chi connectivity index (χ1n) is 11.3. The number of benzene rings is 1. The van der Waals surface area contributed by atoms with Crippen molar-refractivity contribution in [1.29, 1.82) is 0 Å². The number of hydrogen-bond donors (Lipinski definition) is 2. The summed E-state index contributed by atoms with van der Waals surface area (Å²) in [6.45, 7) is 6.00. The van der Waals surface area contributed by atoms with Crippen LogP contribution in [0.4, 0.5) is 5.69 Å². The second kappa shape index (κ2) is 11.7. The van der Waals surface area contributed by atoms with Crippen LogP contribution in [0.5, 0.6) is 5.75 Å². The Morgan fingerprint density at radius 2 is 2.06 bits per heavy atom. The Kier molecular flexibility index (Phi) is 9.34. The zero-order valence-corrected chi connectivity index (χ0v) is 19.4. The average molecular weight is 431 g/mol. The largest absolute Gasteiger partial charge is 0.491 e. The van der Waals surface area contributed by atoms with Crippen LogP contribution in [0, 0.1) is 5.92 Å². The van der Waals surface area contributed by atoms with Gasteiger partial charge in [-0.15, -0.1) is 0 Å². The van der Waals surface area contributed by atoms with Crippen molar-refractivity contribution in [3.8, 4) is 5.75 Å². The van der Waals surface area contributed by atoms with Crippen molar-refractivity contribution in [2.24, 2.45) is 16.6 Å². The number of anilines is 1. The van der Waals surface area contributed by atoms with Crippen molar-refractivity contribution >= 4 is 24.0 Å². The Labute approximate surface area is 186 Å². The molecule has 0 spiro atoms. The van der Waals surface area contributed by atoms with E-state index >= 15 is 0 Å². The summed E-state index contributed by atoms with van der Waals surface area (Å²) in [5.74, 6) is 1.39. The molecule has 1 aromatic carbocycles. The molecule has 2 rings (SSSR count). The number of amides is 2. The number of aliphatic imine (C=N–C) groups is 1. The third kappa shape index (κ3) is 7.89. The zero-order chi connectivity index (χ0) is 22.9. The summed E-state index contributed by atoms with van der Waals surface area (Å²) in [6, 6.07) is 5.77. The molecule has 0 aliphatic heterocycles. The van der Waals surface area contributed by atoms with Crippen molar-refractivity contribution in [3.63, 3.8) is 0 Å². The van der Waals surface area contributed by atoms with Crippen molar-refractivity contribution < 1.29 is 14.3 Å². The maximum Gasteiger partial charge on any atom is 0.221 e. The highest BCUT2D eigenvalue weighted by Crippen LogP contribution is 2.34. The summed E-state index contributed by atoms with van der Waals surface area (Å²) in [4.78, 5) is 28.6. The lowest BCUT2D eigenvalue weighted by molar-refractivity contribution is -0.115. The van der Waals surface area contributed by atoms with Crippen molar-refractivity contribution in [1.82, 2.24) is 4.90 Å². The first-order valence-corrected chi connectivity index (χ1v) is 11.3. The van der Waals surface area contributed by atoms with Gasteiger partial charge in [0.15, 0.2) is 5.96 Å². The predicted molar refractivity (Wildman–Crippen MR) is 125 cm³/mol. The minimum absolute atomic E-state index is 0.120. The topological polar surface area (TPSA) is 97.0 Å². The Balaban J connectivity index is 2.26. The molecule has 3 N–H and O–H groups in total. The monoisotopic (exact) mass is 430 g/mol. The summed E-state index contributed by atoms with van der Waals surface area (Å²) in [5.41, 5.74) is 7.33. The van der Waals surface area contributed by atoms with E-state index in [1.165, 1.54) is 43.9 Å². The average Bonchev–Trinajstić information content (AvgIpc) is 2.73. The van der Waals surface area contributed by atoms with Crippen LogP contribution in [-0.4, -0.2) is 42.4 Å². The van der Waals surface area contributed by atoms with Gasteiger partial charge in [-0.2, -0.15) is 0 Å². The highest BCUT2D eigenvalue weighted by atomic mass is 16.5. The first-order chi connectivity index (χ1) is 14.8. The Morgan fingerprint density at radius 3 is 2.68 bits per heavy atom. The van der Waals surface area contributed by atoms with Gasteiger partial charge in [-0.05, 0) is 37.3 Å². The van der Waals surface area contributed by atoms with Gasteiger partial charge >= 0.3 is 0 Å². The van der Waals surface area contributed by atoms with E-state index in [-0.39, 0.29) is 11.9 Å². The molecule has 31 heavy (non-hydrogen) atoms. The molecule has 0 aromatic heterocycles. The number of rotatable bonds is 10. The minimum atomic E-state index is -0.559. The number of hydrogen-bond acceptors (Lipinski definition) is 4. The van der Waals surface area contributed by atoms with Crippen LogP contribution in [0.25, 0.3) is 0 Å². The molecule has 1 unspecified atom stereocenters. The normalized spacial score (nSPS) is 17.0. The summed E-state index contributed by atoms with van der Waals surface area (Å²) in [7, 11) is 1.60. The molecule has 0 bridgehead atoms. The number of ether oxygens (including phenoxy) is 1. The standard InChI is InChI=1S/C24H38N4O3/c1-5-9-20-12-13-21(26-18(2)30)14-22(20)31-16-24(3,27-23(25)28(4)17-29)15-19-10-7-6-8-11-19/h12-14,17,19H,5-11,15-16H2,1-4H3,(H2,25,27)(H,26,30). The van der Waals surface area contributed by atoms with Crippen molar-refractivity contribution in [2.75, 3.05) is 19.0 Å². The highest BCUT2D eigenvalue weighted by Gasteiger charge is 2.31. The van der Waals surface area contributed by atoms with Gasteiger partial charge in [0.25, 0.3) is 0 Å². The van der Waals surface area contributed by atoms with E-state index in [2.05, 4.69) is 12.2 Å². The van der Waals surface area contributed by atoms with Gasteiger partial charge in [0.05, 0.1) is 5.54 Å². The molecule has 172 valence electrons. The van der Waals surface area contributed by atoms with E-state index < -0.39 is 5.54 Å². The maximum absolute atomic E-state index is 11.5. The molecule has 1 aliphatic rings. The second-order valence-corrected chi connectivity index (χ2v) is 8.93. The lowest BCUT2D eigenvalue weighted by Gasteiger charge is -2.33. The summed E-state index contributed by atoms with van der Waals surface area (Å²) < 4.78 is 6.31. The quantitative estimate of drug-likeness (QED) is 0.332. The highest BCUT2D eigenvalue weighted by molar-refractivity contribution is 5.89. The van der Waals surface area contributed by atoms with Gasteiger partial charge in [0, 0.05) is 25.7 Å². The number of aryl methyl sites for hydroxylation is 1. The van der Waals surface area contributed by atoms with Gasteiger partial charge in [-0.3, -0.25) is 14.5 Å². The summed E-state index contributed by atoms with van der Waals surface area (Å²) in [5, 5.41) is 2.82. The summed E-state index contributed by atoms with van der Waals surface area (Å²) in [6.07, 6.45) is 9.55. The molecule has 7 heteroatoms. The van der Waals surface area contributed by atoms with E-state index in [1.807, 2.05) is 25.1 Å². The molecule has 0 heterocycles. The van der Waals surface area contributed by atoms with Gasteiger partial charge in [0.1, 0.15) is 12.4 Å². The van der Waals surface area contributed by atoms with Crippen LogP contribution < -0.4 is 15.8 Å². The number of nitrogens with zero attached hydrogens (tertiary/aromatic N) is 2. The number of nitrogens with two attached hydrogens (primary N) is 1. The zero-order valence-electron chi connectivity index (χ0n) is 19.4. The molecule has 1 saturated carbocycles. The lowest BCUT2D eigenvalue weighted by atomic mass is 9.80. The van der Waals surface area contributed by atoms with Crippen LogP contribution in [0.3, 0.4) is 0 Å². The van der Waals surface area contributed by atoms with E-state index in [0.717, 1.165) is 30.6 Å². The van der Waals surface area contributed by atoms with E-state index in [0.29, 0.717) is 24.6 Å². The maximum atomic E-state index is 11.5. The smallest absolute Gasteiger partial charge is 0.221 e. The number of carbonyl (C=O) groups excluding carboxylic acids is 2. The fourth-order valence-corrected chi connectivity index (χ4v) is 4.24. The van der Waals surface area contributed by atoms with Gasteiger partial charge in [-0.25, -0.2) is 4.99 Å².